The molecule has 2 rings (SSSR count). The minimum atomic E-state index is 0.274. The fourth-order valence-electron chi connectivity index (χ4n) is 2.73. The first-order chi connectivity index (χ1) is 8.77. The molecule has 1 aromatic carbocycles. The third kappa shape index (κ3) is 3.69. The van der Waals surface area contributed by atoms with Crippen LogP contribution in [0.3, 0.4) is 0 Å². The van der Waals surface area contributed by atoms with Gasteiger partial charge in [0.2, 0.25) is 0 Å². The van der Waals surface area contributed by atoms with Gasteiger partial charge in [-0.3, -0.25) is 4.90 Å². The number of nitrogens with zero attached hydrogens (tertiary/aromatic N) is 1. The van der Waals surface area contributed by atoms with Crippen LogP contribution < -0.4 is 5.73 Å². The van der Waals surface area contributed by atoms with Gasteiger partial charge in [0, 0.05) is 18.6 Å². The van der Waals surface area contributed by atoms with Gasteiger partial charge in [-0.15, -0.1) is 0 Å². The van der Waals surface area contributed by atoms with Crippen LogP contribution in [0.25, 0.3) is 6.08 Å². The van der Waals surface area contributed by atoms with Crippen molar-refractivity contribution in [2.24, 2.45) is 5.73 Å². The number of hydrogen-bond donors (Lipinski definition) is 1. The molecule has 18 heavy (non-hydrogen) atoms. The summed E-state index contributed by atoms with van der Waals surface area (Å²) in [6.45, 7) is 4.33. The predicted octanol–water partition coefficient (Wildman–Crippen LogP) is 2.90. The van der Waals surface area contributed by atoms with Crippen LogP contribution in [0.4, 0.5) is 0 Å². The van der Waals surface area contributed by atoms with Gasteiger partial charge in [-0.05, 0) is 31.9 Å². The number of piperidine rings is 1. The smallest absolute Gasteiger partial charge is 0.0247 e. The Morgan fingerprint density at radius 1 is 1.33 bits per heavy atom. The van der Waals surface area contributed by atoms with Gasteiger partial charge in [0.1, 0.15) is 0 Å². The Balaban J connectivity index is 1.90. The summed E-state index contributed by atoms with van der Waals surface area (Å²) in [5.41, 5.74) is 7.34. The zero-order valence-corrected chi connectivity index (χ0v) is 11.3. The maximum atomic E-state index is 6.07. The predicted molar refractivity (Wildman–Crippen MR) is 78.3 cm³/mol. The van der Waals surface area contributed by atoms with Crippen molar-refractivity contribution in [1.29, 1.82) is 0 Å². The summed E-state index contributed by atoms with van der Waals surface area (Å²) in [5.74, 6) is 0. The summed E-state index contributed by atoms with van der Waals surface area (Å²) in [4.78, 5) is 2.52. The van der Waals surface area contributed by atoms with Crippen LogP contribution in [0.1, 0.15) is 31.7 Å². The Hall–Kier alpha value is -1.12. The monoisotopic (exact) mass is 244 g/mol. The summed E-state index contributed by atoms with van der Waals surface area (Å²) < 4.78 is 0. The Morgan fingerprint density at radius 3 is 2.83 bits per heavy atom. The molecule has 2 N–H and O–H groups in total. The number of likely N-dealkylation sites (tertiary alicyclic amines) is 1. The average Bonchev–Trinajstić information content (AvgIpc) is 2.40. The molecular formula is C16H24N2. The van der Waals surface area contributed by atoms with Crippen molar-refractivity contribution in [3.05, 3.63) is 42.0 Å². The molecule has 0 amide bonds. The van der Waals surface area contributed by atoms with E-state index in [2.05, 4.69) is 48.2 Å². The van der Waals surface area contributed by atoms with Crippen molar-refractivity contribution in [3.63, 3.8) is 0 Å². The molecule has 0 radical (unpaired) electrons. The lowest BCUT2D eigenvalue weighted by molar-refractivity contribution is 0.146. The molecule has 1 heterocycles. The van der Waals surface area contributed by atoms with Gasteiger partial charge in [-0.1, -0.05) is 48.9 Å². The zero-order chi connectivity index (χ0) is 12.8. The molecule has 1 aliphatic heterocycles. The summed E-state index contributed by atoms with van der Waals surface area (Å²) in [6.07, 6.45) is 8.34. The van der Waals surface area contributed by atoms with Crippen LogP contribution in [0.2, 0.25) is 0 Å². The second kappa shape index (κ2) is 6.72. The molecule has 0 bridgehead atoms. The molecule has 2 nitrogen and oxygen atoms in total. The average molecular weight is 244 g/mol. The lowest BCUT2D eigenvalue weighted by atomic mass is 9.97. The lowest BCUT2D eigenvalue weighted by Crippen LogP contribution is -2.49. The van der Waals surface area contributed by atoms with Crippen LogP contribution in [-0.4, -0.2) is 30.1 Å². The molecule has 98 valence electrons. The Labute approximate surface area is 110 Å². The molecule has 0 aromatic heterocycles. The van der Waals surface area contributed by atoms with Crippen molar-refractivity contribution in [1.82, 2.24) is 4.90 Å². The number of rotatable bonds is 4. The SMILES string of the molecule is CC(N)C1CCCCN1C/C=C/c1ccccc1. The van der Waals surface area contributed by atoms with Crippen molar-refractivity contribution in [2.45, 2.75) is 38.3 Å². The highest BCUT2D eigenvalue weighted by Gasteiger charge is 2.23. The Kier molecular flexibility index (Phi) is 4.97. The van der Waals surface area contributed by atoms with Crippen LogP contribution in [0, 0.1) is 0 Å². The third-order valence-electron chi connectivity index (χ3n) is 3.72. The number of hydrogen-bond acceptors (Lipinski definition) is 2. The molecule has 1 aromatic rings. The molecular weight excluding hydrogens is 220 g/mol. The van der Waals surface area contributed by atoms with Gasteiger partial charge in [-0.25, -0.2) is 0 Å². The Morgan fingerprint density at radius 2 is 2.11 bits per heavy atom. The zero-order valence-electron chi connectivity index (χ0n) is 11.3. The Bertz CT molecular complexity index is 370. The second-order valence-corrected chi connectivity index (χ2v) is 5.23. The van der Waals surface area contributed by atoms with Gasteiger partial charge in [0.25, 0.3) is 0 Å². The molecule has 1 aliphatic rings. The second-order valence-electron chi connectivity index (χ2n) is 5.23. The van der Waals surface area contributed by atoms with Gasteiger partial charge >= 0.3 is 0 Å². The van der Waals surface area contributed by atoms with Crippen molar-refractivity contribution in [3.8, 4) is 0 Å². The van der Waals surface area contributed by atoms with E-state index in [1.807, 2.05) is 6.07 Å². The molecule has 2 unspecified atom stereocenters. The third-order valence-corrected chi connectivity index (χ3v) is 3.72. The molecule has 2 heteroatoms. The van der Waals surface area contributed by atoms with E-state index in [9.17, 15) is 0 Å². The maximum Gasteiger partial charge on any atom is 0.0247 e. The summed E-state index contributed by atoms with van der Waals surface area (Å²) in [6, 6.07) is 11.3. The first-order valence-corrected chi connectivity index (χ1v) is 6.98. The van der Waals surface area contributed by atoms with Gasteiger partial charge in [-0.2, -0.15) is 0 Å². The van der Waals surface area contributed by atoms with Crippen LogP contribution in [0.5, 0.6) is 0 Å². The van der Waals surface area contributed by atoms with E-state index in [4.69, 9.17) is 5.73 Å². The quantitative estimate of drug-likeness (QED) is 0.882. The van der Waals surface area contributed by atoms with Gasteiger partial charge in [0.05, 0.1) is 0 Å². The highest BCUT2D eigenvalue weighted by atomic mass is 15.2. The normalized spacial score (nSPS) is 23.3. The van der Waals surface area contributed by atoms with Crippen LogP contribution in [-0.2, 0) is 0 Å². The summed E-state index contributed by atoms with van der Waals surface area (Å²) >= 11 is 0. The number of nitrogens with two attached hydrogens (primary N) is 1. The summed E-state index contributed by atoms with van der Waals surface area (Å²) in [7, 11) is 0. The van der Waals surface area contributed by atoms with Crippen LogP contribution in [0.15, 0.2) is 36.4 Å². The summed E-state index contributed by atoms with van der Waals surface area (Å²) in [5, 5.41) is 0. The molecule has 1 saturated heterocycles. The van der Waals surface area contributed by atoms with E-state index >= 15 is 0 Å². The van der Waals surface area contributed by atoms with Crippen molar-refractivity contribution >= 4 is 6.08 Å². The largest absolute Gasteiger partial charge is 0.327 e. The topological polar surface area (TPSA) is 29.3 Å². The minimum absolute atomic E-state index is 0.274. The van der Waals surface area contributed by atoms with E-state index in [-0.39, 0.29) is 6.04 Å². The maximum absolute atomic E-state index is 6.07. The molecule has 1 fully saturated rings. The number of benzene rings is 1. The fourth-order valence-corrected chi connectivity index (χ4v) is 2.73. The van der Waals surface area contributed by atoms with E-state index in [1.54, 1.807) is 0 Å². The molecule has 0 spiro atoms. The molecule has 0 aliphatic carbocycles. The van der Waals surface area contributed by atoms with Crippen LogP contribution >= 0.6 is 0 Å². The van der Waals surface area contributed by atoms with E-state index < -0.39 is 0 Å². The van der Waals surface area contributed by atoms with Gasteiger partial charge in [0.15, 0.2) is 0 Å². The van der Waals surface area contributed by atoms with Crippen molar-refractivity contribution in [2.75, 3.05) is 13.1 Å². The van der Waals surface area contributed by atoms with E-state index in [0.29, 0.717) is 6.04 Å². The molecule has 2 atom stereocenters. The highest BCUT2D eigenvalue weighted by Crippen LogP contribution is 2.18. The highest BCUT2D eigenvalue weighted by molar-refractivity contribution is 5.48. The lowest BCUT2D eigenvalue weighted by Gasteiger charge is -2.37. The minimum Gasteiger partial charge on any atom is -0.327 e. The first kappa shape index (κ1) is 13.3. The first-order valence-electron chi connectivity index (χ1n) is 6.98. The van der Waals surface area contributed by atoms with Gasteiger partial charge < -0.3 is 5.73 Å². The standard InChI is InChI=1S/C16H24N2/c1-14(17)16-11-5-6-12-18(16)13-7-10-15-8-3-2-4-9-15/h2-4,7-10,14,16H,5-6,11-13,17H2,1H3/b10-7+. The van der Waals surface area contributed by atoms with E-state index in [0.717, 1.165) is 6.54 Å². The van der Waals surface area contributed by atoms with E-state index in [1.165, 1.54) is 31.4 Å². The molecule has 0 saturated carbocycles. The fraction of sp³-hybridized carbons (Fsp3) is 0.500. The van der Waals surface area contributed by atoms with Crippen molar-refractivity contribution < 1.29 is 0 Å².